The Kier molecular flexibility index (Phi) is 6.97. The number of nitrogens with zero attached hydrogens (tertiary/aromatic N) is 2. The van der Waals surface area contributed by atoms with Gasteiger partial charge >= 0.3 is 0 Å². The summed E-state index contributed by atoms with van der Waals surface area (Å²) in [5.41, 5.74) is 4.46. The summed E-state index contributed by atoms with van der Waals surface area (Å²) in [6.07, 6.45) is 0. The van der Waals surface area contributed by atoms with Gasteiger partial charge in [0.15, 0.2) is 0 Å². The number of aromatic nitrogens is 2. The number of halogens is 1. The van der Waals surface area contributed by atoms with Gasteiger partial charge in [-0.25, -0.2) is 4.68 Å². The summed E-state index contributed by atoms with van der Waals surface area (Å²) >= 11 is 6.43. The first kappa shape index (κ1) is 22.4. The normalized spacial score (nSPS) is 10.6. The molecule has 0 aliphatic rings. The zero-order chi connectivity index (χ0) is 22.5. The number of ether oxygens (including phenoxy) is 1. The molecule has 1 heterocycles. The molecule has 0 spiro atoms. The second-order valence-electron chi connectivity index (χ2n) is 7.33. The molecule has 0 aliphatic carbocycles. The van der Waals surface area contributed by atoms with Crippen LogP contribution in [0.5, 0.6) is 5.75 Å². The zero-order valence-electron chi connectivity index (χ0n) is 18.0. The number of carbonyl (C=O) groups excluding carboxylic acids is 2. The van der Waals surface area contributed by atoms with Gasteiger partial charge in [-0.1, -0.05) is 47.5 Å². The largest absolute Gasteiger partial charge is 0.495 e. The van der Waals surface area contributed by atoms with E-state index in [4.69, 9.17) is 16.3 Å². The Morgan fingerprint density at radius 3 is 2.42 bits per heavy atom. The molecule has 31 heavy (non-hydrogen) atoms. The van der Waals surface area contributed by atoms with E-state index in [1.807, 2.05) is 44.2 Å². The van der Waals surface area contributed by atoms with Gasteiger partial charge in [-0.15, -0.1) is 0 Å². The van der Waals surface area contributed by atoms with Gasteiger partial charge in [-0.3, -0.25) is 9.59 Å². The molecule has 3 aromatic rings. The Bertz CT molecular complexity index is 1110. The van der Waals surface area contributed by atoms with Crippen molar-refractivity contribution in [3.63, 3.8) is 0 Å². The molecule has 0 saturated carbocycles. The van der Waals surface area contributed by atoms with Crippen LogP contribution >= 0.6 is 11.6 Å². The van der Waals surface area contributed by atoms with Crippen LogP contribution in [-0.4, -0.2) is 35.2 Å². The molecular weight excluding hydrogens is 416 g/mol. The molecule has 0 bridgehead atoms. The summed E-state index contributed by atoms with van der Waals surface area (Å²) in [7, 11) is 1.53. The maximum atomic E-state index is 12.7. The van der Waals surface area contributed by atoms with Gasteiger partial charge in [0.25, 0.3) is 5.91 Å². The number of rotatable bonds is 7. The van der Waals surface area contributed by atoms with Gasteiger partial charge in [-0.05, 0) is 44.0 Å². The lowest BCUT2D eigenvalue weighted by atomic mass is 10.1. The second kappa shape index (κ2) is 9.66. The standard InChI is InChI=1S/C23H25ClN4O3/c1-14-5-8-17(9-6-14)13-28-22(24)21(16(3)27-28)23(30)25-12-20(29)26-18-11-15(2)7-10-19(18)31-4/h5-11H,12-13H2,1-4H3,(H,25,30)(H,26,29). The van der Waals surface area contributed by atoms with Crippen LogP contribution in [0.25, 0.3) is 0 Å². The van der Waals surface area contributed by atoms with Crippen molar-refractivity contribution in [2.45, 2.75) is 27.3 Å². The Labute approximate surface area is 186 Å². The average Bonchev–Trinajstić information content (AvgIpc) is 3.01. The van der Waals surface area contributed by atoms with Crippen molar-refractivity contribution in [3.8, 4) is 5.75 Å². The van der Waals surface area contributed by atoms with E-state index in [0.29, 0.717) is 23.7 Å². The predicted octanol–water partition coefficient (Wildman–Crippen LogP) is 3.89. The third-order valence-corrected chi connectivity index (χ3v) is 5.17. The van der Waals surface area contributed by atoms with Crippen LogP contribution in [0.15, 0.2) is 42.5 Å². The first-order valence-corrected chi connectivity index (χ1v) is 10.2. The molecule has 0 radical (unpaired) electrons. The highest BCUT2D eigenvalue weighted by molar-refractivity contribution is 6.33. The number of aryl methyl sites for hydroxylation is 3. The first-order chi connectivity index (χ1) is 14.8. The Morgan fingerprint density at radius 1 is 1.06 bits per heavy atom. The van der Waals surface area contributed by atoms with Crippen LogP contribution in [-0.2, 0) is 11.3 Å². The molecule has 2 aromatic carbocycles. The summed E-state index contributed by atoms with van der Waals surface area (Å²) < 4.78 is 6.83. The summed E-state index contributed by atoms with van der Waals surface area (Å²) in [6.45, 7) is 5.87. The van der Waals surface area contributed by atoms with Crippen LogP contribution < -0.4 is 15.4 Å². The SMILES string of the molecule is COc1ccc(C)cc1NC(=O)CNC(=O)c1c(C)nn(Cc2ccc(C)cc2)c1Cl. The molecule has 3 rings (SSSR count). The van der Waals surface area contributed by atoms with E-state index in [2.05, 4.69) is 15.7 Å². The molecule has 1 aromatic heterocycles. The molecule has 8 heteroatoms. The van der Waals surface area contributed by atoms with Crippen molar-refractivity contribution in [1.82, 2.24) is 15.1 Å². The predicted molar refractivity (Wildman–Crippen MR) is 121 cm³/mol. The van der Waals surface area contributed by atoms with Gasteiger partial charge < -0.3 is 15.4 Å². The second-order valence-corrected chi connectivity index (χ2v) is 7.69. The van der Waals surface area contributed by atoms with E-state index in [9.17, 15) is 9.59 Å². The summed E-state index contributed by atoms with van der Waals surface area (Å²) in [5.74, 6) is -0.288. The molecule has 0 atom stereocenters. The minimum absolute atomic E-state index is 0.213. The Morgan fingerprint density at radius 2 is 1.74 bits per heavy atom. The van der Waals surface area contributed by atoms with Crippen LogP contribution in [0.4, 0.5) is 5.69 Å². The monoisotopic (exact) mass is 440 g/mol. The smallest absolute Gasteiger partial charge is 0.256 e. The Hall–Kier alpha value is -3.32. The van der Waals surface area contributed by atoms with Gasteiger partial charge in [0.1, 0.15) is 10.9 Å². The molecule has 0 fully saturated rings. The zero-order valence-corrected chi connectivity index (χ0v) is 18.7. The maximum Gasteiger partial charge on any atom is 0.256 e. The molecule has 0 unspecified atom stereocenters. The van der Waals surface area contributed by atoms with E-state index in [-0.39, 0.29) is 23.2 Å². The number of nitrogens with one attached hydrogen (secondary N) is 2. The molecule has 2 N–H and O–H groups in total. The van der Waals surface area contributed by atoms with Crippen molar-refractivity contribution in [2.24, 2.45) is 0 Å². The van der Waals surface area contributed by atoms with E-state index in [0.717, 1.165) is 16.7 Å². The number of hydrogen-bond acceptors (Lipinski definition) is 4. The van der Waals surface area contributed by atoms with Crippen LogP contribution in [0.2, 0.25) is 5.15 Å². The quantitative estimate of drug-likeness (QED) is 0.583. The molecule has 2 amide bonds. The lowest BCUT2D eigenvalue weighted by molar-refractivity contribution is -0.115. The number of benzene rings is 2. The van der Waals surface area contributed by atoms with Crippen LogP contribution in [0.3, 0.4) is 0 Å². The third-order valence-electron chi connectivity index (χ3n) is 4.78. The van der Waals surface area contributed by atoms with Crippen molar-refractivity contribution < 1.29 is 14.3 Å². The van der Waals surface area contributed by atoms with Crippen LogP contribution in [0, 0.1) is 20.8 Å². The lowest BCUT2D eigenvalue weighted by Crippen LogP contribution is -2.33. The minimum Gasteiger partial charge on any atom is -0.495 e. The fourth-order valence-corrected chi connectivity index (χ4v) is 3.47. The number of anilines is 1. The fourth-order valence-electron chi connectivity index (χ4n) is 3.15. The molecule has 7 nitrogen and oxygen atoms in total. The van der Waals surface area contributed by atoms with E-state index >= 15 is 0 Å². The number of carbonyl (C=O) groups is 2. The number of methoxy groups -OCH3 is 1. The van der Waals surface area contributed by atoms with E-state index in [1.165, 1.54) is 7.11 Å². The number of hydrogen-bond donors (Lipinski definition) is 2. The van der Waals surface area contributed by atoms with Crippen LogP contribution in [0.1, 0.15) is 32.7 Å². The fraction of sp³-hybridized carbons (Fsp3) is 0.261. The topological polar surface area (TPSA) is 85.2 Å². The van der Waals surface area contributed by atoms with Crippen molar-refractivity contribution >= 4 is 29.1 Å². The average molecular weight is 441 g/mol. The van der Waals surface area contributed by atoms with Gasteiger partial charge in [0.2, 0.25) is 5.91 Å². The van der Waals surface area contributed by atoms with Crippen molar-refractivity contribution in [3.05, 3.63) is 75.6 Å². The summed E-state index contributed by atoms with van der Waals surface area (Å²) in [5, 5.41) is 9.97. The maximum absolute atomic E-state index is 12.7. The molecule has 0 saturated heterocycles. The molecular formula is C23H25ClN4O3. The van der Waals surface area contributed by atoms with E-state index < -0.39 is 5.91 Å². The molecule has 162 valence electrons. The highest BCUT2D eigenvalue weighted by Crippen LogP contribution is 2.25. The molecule has 0 aliphatic heterocycles. The highest BCUT2D eigenvalue weighted by Gasteiger charge is 2.21. The summed E-state index contributed by atoms with van der Waals surface area (Å²) in [6, 6.07) is 13.5. The Balaban J connectivity index is 1.65. The van der Waals surface area contributed by atoms with Gasteiger partial charge in [0.05, 0.1) is 37.1 Å². The van der Waals surface area contributed by atoms with Crippen molar-refractivity contribution in [2.75, 3.05) is 19.0 Å². The van der Waals surface area contributed by atoms with Crippen molar-refractivity contribution in [1.29, 1.82) is 0 Å². The van der Waals surface area contributed by atoms with Gasteiger partial charge in [0, 0.05) is 0 Å². The lowest BCUT2D eigenvalue weighted by Gasteiger charge is -2.11. The number of amides is 2. The first-order valence-electron chi connectivity index (χ1n) is 9.79. The van der Waals surface area contributed by atoms with Gasteiger partial charge in [-0.2, -0.15) is 5.10 Å². The third kappa shape index (κ3) is 5.44. The minimum atomic E-state index is -0.455. The highest BCUT2D eigenvalue weighted by atomic mass is 35.5. The van der Waals surface area contributed by atoms with E-state index in [1.54, 1.807) is 23.7 Å². The summed E-state index contributed by atoms with van der Waals surface area (Å²) in [4.78, 5) is 25.0.